The van der Waals surface area contributed by atoms with Gasteiger partial charge >= 0.3 is 0 Å². The van der Waals surface area contributed by atoms with E-state index in [9.17, 15) is 4.39 Å². The highest BCUT2D eigenvalue weighted by molar-refractivity contribution is 6.31. The second kappa shape index (κ2) is 5.84. The Morgan fingerprint density at radius 3 is 2.90 bits per heavy atom. The van der Waals surface area contributed by atoms with Gasteiger partial charge < -0.3 is 9.73 Å². The molecule has 0 saturated heterocycles. The third-order valence-corrected chi connectivity index (χ3v) is 3.59. The number of fused-ring (bicyclic) bond motifs is 1. The number of rotatable bonds is 4. The summed E-state index contributed by atoms with van der Waals surface area (Å²) in [6.45, 7) is 2.68. The second-order valence-corrected chi connectivity index (χ2v) is 5.08. The van der Waals surface area contributed by atoms with Gasteiger partial charge in [-0.15, -0.1) is 0 Å². The summed E-state index contributed by atoms with van der Waals surface area (Å²) in [5.74, 6) is 0.221. The van der Waals surface area contributed by atoms with Gasteiger partial charge in [0.2, 0.25) is 0 Å². The molecule has 0 bridgehead atoms. The molecule has 0 amide bonds. The third-order valence-electron chi connectivity index (χ3n) is 3.27. The number of pyridine rings is 1. The topological polar surface area (TPSA) is 38.1 Å². The number of nitrogens with one attached hydrogen (secondary N) is 1. The van der Waals surface area contributed by atoms with Gasteiger partial charge in [-0.1, -0.05) is 30.7 Å². The van der Waals surface area contributed by atoms with Crippen LogP contribution in [0.4, 0.5) is 4.39 Å². The van der Waals surface area contributed by atoms with Crippen LogP contribution in [0, 0.1) is 5.82 Å². The predicted octanol–water partition coefficient (Wildman–Crippen LogP) is 4.32. The highest BCUT2D eigenvalue weighted by atomic mass is 35.5. The Labute approximate surface area is 126 Å². The Morgan fingerprint density at radius 1 is 1.33 bits per heavy atom. The maximum Gasteiger partial charge on any atom is 0.169 e. The number of hydrogen-bond acceptors (Lipinski definition) is 3. The SMILES string of the molecule is CCNC(c1cc2cccc(F)c2o1)c1ncccc1Cl. The van der Waals surface area contributed by atoms with Crippen LogP contribution in [0.2, 0.25) is 5.02 Å². The van der Waals surface area contributed by atoms with Crippen molar-refractivity contribution in [2.24, 2.45) is 0 Å². The van der Waals surface area contributed by atoms with E-state index in [4.69, 9.17) is 16.0 Å². The molecule has 1 aromatic carbocycles. The standard InChI is InChI=1S/C16H14ClFN2O/c1-2-19-15(14-11(17)6-4-8-20-14)13-9-10-5-3-7-12(18)16(10)21-13/h3-9,15,19H,2H2,1H3. The molecule has 5 heteroatoms. The minimum absolute atomic E-state index is 0.252. The number of halogens is 2. The zero-order valence-corrected chi connectivity index (χ0v) is 12.2. The van der Waals surface area contributed by atoms with Crippen LogP contribution in [0.5, 0.6) is 0 Å². The lowest BCUT2D eigenvalue weighted by Crippen LogP contribution is -2.22. The van der Waals surface area contributed by atoms with E-state index in [1.54, 1.807) is 24.4 Å². The summed E-state index contributed by atoms with van der Waals surface area (Å²) >= 11 is 6.22. The molecule has 2 heterocycles. The van der Waals surface area contributed by atoms with Gasteiger partial charge in [-0.25, -0.2) is 4.39 Å². The van der Waals surface area contributed by atoms with E-state index in [0.29, 0.717) is 23.0 Å². The van der Waals surface area contributed by atoms with Crippen molar-refractivity contribution in [1.82, 2.24) is 10.3 Å². The predicted molar refractivity (Wildman–Crippen MR) is 80.9 cm³/mol. The molecule has 1 N–H and O–H groups in total. The molecule has 3 nitrogen and oxygen atoms in total. The fraction of sp³-hybridized carbons (Fsp3) is 0.188. The average molecular weight is 305 g/mol. The van der Waals surface area contributed by atoms with Crippen molar-refractivity contribution >= 4 is 22.6 Å². The second-order valence-electron chi connectivity index (χ2n) is 4.67. The molecule has 1 unspecified atom stereocenters. The van der Waals surface area contributed by atoms with Crippen LogP contribution in [-0.4, -0.2) is 11.5 Å². The fourth-order valence-corrected chi connectivity index (χ4v) is 2.57. The Hall–Kier alpha value is -1.91. The number of furan rings is 1. The zero-order valence-electron chi connectivity index (χ0n) is 11.4. The zero-order chi connectivity index (χ0) is 14.8. The summed E-state index contributed by atoms with van der Waals surface area (Å²) in [4.78, 5) is 4.32. The van der Waals surface area contributed by atoms with Crippen LogP contribution in [-0.2, 0) is 0 Å². The molecule has 1 atom stereocenters. The van der Waals surface area contributed by atoms with Crippen LogP contribution in [0.3, 0.4) is 0 Å². The Kier molecular flexibility index (Phi) is 3.90. The minimum atomic E-state index is -0.374. The number of aromatic nitrogens is 1. The minimum Gasteiger partial charge on any atom is -0.456 e. The summed E-state index contributed by atoms with van der Waals surface area (Å²) in [6, 6.07) is 9.91. The van der Waals surface area contributed by atoms with Crippen LogP contribution in [0.25, 0.3) is 11.0 Å². The Bertz CT molecular complexity index is 772. The van der Waals surface area contributed by atoms with Gasteiger partial charge in [0.1, 0.15) is 11.8 Å². The lowest BCUT2D eigenvalue weighted by molar-refractivity contribution is 0.460. The van der Waals surface area contributed by atoms with Gasteiger partial charge in [-0.05, 0) is 30.8 Å². The molecule has 3 rings (SSSR count). The highest BCUT2D eigenvalue weighted by Crippen LogP contribution is 2.31. The molecule has 108 valence electrons. The first-order chi connectivity index (χ1) is 10.2. The van der Waals surface area contributed by atoms with Crippen molar-refractivity contribution in [3.05, 3.63) is 64.9 Å². The number of benzene rings is 1. The Morgan fingerprint density at radius 2 is 2.19 bits per heavy atom. The monoisotopic (exact) mass is 304 g/mol. The quantitative estimate of drug-likeness (QED) is 0.780. The van der Waals surface area contributed by atoms with E-state index in [2.05, 4.69) is 10.3 Å². The molecule has 0 fully saturated rings. The van der Waals surface area contributed by atoms with E-state index in [-0.39, 0.29) is 17.4 Å². The number of hydrogen-bond donors (Lipinski definition) is 1. The Balaban J connectivity index is 2.11. The fourth-order valence-electron chi connectivity index (χ4n) is 2.34. The van der Waals surface area contributed by atoms with E-state index >= 15 is 0 Å². The van der Waals surface area contributed by atoms with Crippen LogP contribution >= 0.6 is 11.6 Å². The van der Waals surface area contributed by atoms with Gasteiger partial charge in [-0.3, -0.25) is 4.98 Å². The summed E-state index contributed by atoms with van der Waals surface area (Å²) in [5.41, 5.74) is 0.919. The summed E-state index contributed by atoms with van der Waals surface area (Å²) in [6.07, 6.45) is 1.68. The average Bonchev–Trinajstić information content (AvgIpc) is 2.91. The molecule has 21 heavy (non-hydrogen) atoms. The summed E-state index contributed by atoms with van der Waals surface area (Å²) in [7, 11) is 0. The van der Waals surface area contributed by atoms with Crippen molar-refractivity contribution in [2.45, 2.75) is 13.0 Å². The first kappa shape index (κ1) is 14.0. The summed E-state index contributed by atoms with van der Waals surface area (Å²) < 4.78 is 19.5. The van der Waals surface area contributed by atoms with Gasteiger partial charge in [-0.2, -0.15) is 0 Å². The smallest absolute Gasteiger partial charge is 0.169 e. The van der Waals surface area contributed by atoms with E-state index in [1.807, 2.05) is 19.1 Å². The van der Waals surface area contributed by atoms with Crippen molar-refractivity contribution in [3.8, 4) is 0 Å². The maximum absolute atomic E-state index is 13.8. The van der Waals surface area contributed by atoms with Gasteiger partial charge in [0.05, 0.1) is 10.7 Å². The number of nitrogens with zero attached hydrogens (tertiary/aromatic N) is 1. The van der Waals surface area contributed by atoms with E-state index in [1.165, 1.54) is 6.07 Å². The molecular weight excluding hydrogens is 291 g/mol. The van der Waals surface area contributed by atoms with Gasteiger partial charge in [0.25, 0.3) is 0 Å². The normalized spacial score (nSPS) is 12.7. The van der Waals surface area contributed by atoms with Crippen LogP contribution in [0.15, 0.2) is 47.0 Å². The largest absolute Gasteiger partial charge is 0.456 e. The molecule has 0 aliphatic heterocycles. The van der Waals surface area contributed by atoms with E-state index in [0.717, 1.165) is 5.39 Å². The first-order valence-electron chi connectivity index (χ1n) is 6.72. The van der Waals surface area contributed by atoms with Crippen LogP contribution < -0.4 is 5.32 Å². The lowest BCUT2D eigenvalue weighted by Gasteiger charge is -2.15. The van der Waals surface area contributed by atoms with Gasteiger partial charge in [0.15, 0.2) is 11.4 Å². The summed E-state index contributed by atoms with van der Waals surface area (Å²) in [5, 5.41) is 4.54. The highest BCUT2D eigenvalue weighted by Gasteiger charge is 2.22. The molecule has 3 aromatic rings. The molecule has 0 saturated carbocycles. The molecule has 2 aromatic heterocycles. The van der Waals surface area contributed by atoms with Crippen molar-refractivity contribution in [3.63, 3.8) is 0 Å². The van der Waals surface area contributed by atoms with Crippen molar-refractivity contribution in [1.29, 1.82) is 0 Å². The molecule has 0 aliphatic rings. The molecular formula is C16H14ClFN2O. The van der Waals surface area contributed by atoms with Crippen LogP contribution in [0.1, 0.15) is 24.4 Å². The first-order valence-corrected chi connectivity index (χ1v) is 7.10. The third kappa shape index (κ3) is 2.64. The van der Waals surface area contributed by atoms with E-state index < -0.39 is 0 Å². The van der Waals surface area contributed by atoms with Gasteiger partial charge in [0, 0.05) is 11.6 Å². The van der Waals surface area contributed by atoms with Crippen molar-refractivity contribution < 1.29 is 8.81 Å². The molecule has 0 aliphatic carbocycles. The van der Waals surface area contributed by atoms with Crippen molar-refractivity contribution in [2.75, 3.05) is 6.54 Å². The molecule has 0 spiro atoms. The maximum atomic E-state index is 13.8. The number of para-hydroxylation sites is 1. The molecule has 0 radical (unpaired) electrons. The lowest BCUT2D eigenvalue weighted by atomic mass is 10.1.